The molecular weight excluding hydrogens is 314 g/mol. The van der Waals surface area contributed by atoms with Gasteiger partial charge in [-0.3, -0.25) is 4.79 Å². The lowest BCUT2D eigenvalue weighted by atomic mass is 9.81. The number of hydrogen-bond donors (Lipinski definition) is 1. The van der Waals surface area contributed by atoms with E-state index in [9.17, 15) is 9.90 Å². The van der Waals surface area contributed by atoms with Gasteiger partial charge in [-0.1, -0.05) is 42.5 Å². The lowest BCUT2D eigenvalue weighted by Gasteiger charge is -2.23. The van der Waals surface area contributed by atoms with Crippen LogP contribution < -0.4 is 4.74 Å². The van der Waals surface area contributed by atoms with E-state index < -0.39 is 0 Å². The van der Waals surface area contributed by atoms with E-state index in [1.165, 1.54) is 0 Å². The predicted octanol–water partition coefficient (Wildman–Crippen LogP) is 4.75. The molecule has 0 radical (unpaired) electrons. The summed E-state index contributed by atoms with van der Waals surface area (Å²) in [7, 11) is 1.58. The molecule has 4 nitrogen and oxygen atoms in total. The Morgan fingerprint density at radius 1 is 1.08 bits per heavy atom. The van der Waals surface area contributed by atoms with Gasteiger partial charge in [0, 0.05) is 12.8 Å². The molecule has 0 saturated heterocycles. The van der Waals surface area contributed by atoms with Gasteiger partial charge in [0.15, 0.2) is 5.78 Å². The fraction of sp³-hybridized carbons (Fsp3) is 0.238. The van der Waals surface area contributed by atoms with Crippen molar-refractivity contribution >= 4 is 17.2 Å². The second-order valence-electron chi connectivity index (χ2n) is 6.13. The van der Waals surface area contributed by atoms with E-state index in [4.69, 9.17) is 4.74 Å². The number of ketones is 1. The average molecular weight is 335 g/mol. The second-order valence-corrected chi connectivity index (χ2v) is 6.13. The molecule has 1 aliphatic rings. The summed E-state index contributed by atoms with van der Waals surface area (Å²) in [5, 5.41) is 10.5. The highest BCUT2D eigenvalue weighted by molar-refractivity contribution is 6.23. The Hall–Kier alpha value is -2.88. The molecule has 25 heavy (non-hydrogen) atoms. The Morgan fingerprint density at radius 2 is 1.76 bits per heavy atom. The molecule has 4 heteroatoms. The summed E-state index contributed by atoms with van der Waals surface area (Å²) in [5.74, 6) is 0.680. The van der Waals surface area contributed by atoms with Crippen LogP contribution in [0.2, 0.25) is 0 Å². The number of Topliss-reactive ketones (excluding diaryl/α,β-unsaturated/α-hetero) is 1. The van der Waals surface area contributed by atoms with Crippen LogP contribution in [0.4, 0.5) is 5.69 Å². The van der Waals surface area contributed by atoms with Gasteiger partial charge in [-0.05, 0) is 30.5 Å². The minimum atomic E-state index is -0.0752. The smallest absolute Gasteiger partial charge is 0.168 e. The van der Waals surface area contributed by atoms with Crippen LogP contribution in [0, 0.1) is 0 Å². The molecule has 0 bridgehead atoms. The first-order chi connectivity index (χ1) is 12.1. The average Bonchev–Trinajstić information content (AvgIpc) is 2.62. The highest BCUT2D eigenvalue weighted by Crippen LogP contribution is 2.35. The number of methoxy groups -OCH3 is 1. The molecule has 0 saturated carbocycles. The number of aliphatic hydroxyl groups is 1. The molecule has 0 amide bonds. The summed E-state index contributed by atoms with van der Waals surface area (Å²) < 4.78 is 5.29. The summed E-state index contributed by atoms with van der Waals surface area (Å²) in [4.78, 5) is 17.1. The number of nitrogens with zero attached hydrogens (tertiary/aromatic N) is 1. The topological polar surface area (TPSA) is 58.9 Å². The minimum Gasteiger partial charge on any atom is -0.511 e. The van der Waals surface area contributed by atoms with Crippen molar-refractivity contribution in [2.45, 2.75) is 25.7 Å². The van der Waals surface area contributed by atoms with Crippen molar-refractivity contribution in [1.29, 1.82) is 0 Å². The standard InChI is InChI=1S/C21H21NO3/c1-14(22-17-10-6-7-11-20(17)25-2)21-18(23)12-16(13-19(21)24)15-8-4-3-5-9-15/h3-11,16,23H,12-13H2,1-2H3. The Balaban J connectivity index is 1.91. The van der Waals surface area contributed by atoms with Crippen molar-refractivity contribution in [2.75, 3.05) is 7.11 Å². The zero-order valence-electron chi connectivity index (χ0n) is 14.4. The lowest BCUT2D eigenvalue weighted by molar-refractivity contribution is -0.116. The lowest BCUT2D eigenvalue weighted by Crippen LogP contribution is -2.22. The molecule has 0 aromatic heterocycles. The maximum absolute atomic E-state index is 12.6. The summed E-state index contributed by atoms with van der Waals surface area (Å²) >= 11 is 0. The van der Waals surface area contributed by atoms with E-state index in [1.807, 2.05) is 54.6 Å². The van der Waals surface area contributed by atoms with Crippen LogP contribution in [-0.2, 0) is 4.79 Å². The Bertz CT molecular complexity index is 837. The highest BCUT2D eigenvalue weighted by Gasteiger charge is 2.30. The molecule has 0 heterocycles. The zero-order valence-corrected chi connectivity index (χ0v) is 14.4. The second kappa shape index (κ2) is 7.34. The van der Waals surface area contributed by atoms with E-state index in [-0.39, 0.29) is 17.5 Å². The summed E-state index contributed by atoms with van der Waals surface area (Å²) in [6.07, 6.45) is 0.825. The van der Waals surface area contributed by atoms with Crippen LogP contribution in [0.3, 0.4) is 0 Å². The monoisotopic (exact) mass is 335 g/mol. The van der Waals surface area contributed by atoms with Crippen molar-refractivity contribution in [3.8, 4) is 5.75 Å². The molecule has 1 unspecified atom stereocenters. The first-order valence-corrected chi connectivity index (χ1v) is 8.29. The number of rotatable bonds is 4. The van der Waals surface area contributed by atoms with E-state index >= 15 is 0 Å². The van der Waals surface area contributed by atoms with Gasteiger partial charge in [0.2, 0.25) is 0 Å². The summed E-state index contributed by atoms with van der Waals surface area (Å²) in [5.41, 5.74) is 2.55. The van der Waals surface area contributed by atoms with Crippen LogP contribution in [0.25, 0.3) is 0 Å². The number of carbonyl (C=O) groups is 1. The van der Waals surface area contributed by atoms with Gasteiger partial charge in [-0.2, -0.15) is 0 Å². The quantitative estimate of drug-likeness (QED) is 0.821. The van der Waals surface area contributed by atoms with Crippen LogP contribution >= 0.6 is 0 Å². The minimum absolute atomic E-state index is 0.0107. The summed E-state index contributed by atoms with van der Waals surface area (Å²) in [6, 6.07) is 17.2. The fourth-order valence-electron chi connectivity index (χ4n) is 3.22. The van der Waals surface area contributed by atoms with E-state index in [0.29, 0.717) is 35.6 Å². The van der Waals surface area contributed by atoms with Crippen LogP contribution in [-0.4, -0.2) is 23.7 Å². The van der Waals surface area contributed by atoms with E-state index in [2.05, 4.69) is 4.99 Å². The molecule has 0 fully saturated rings. The number of aliphatic imine (C=N–C) groups is 1. The highest BCUT2D eigenvalue weighted by atomic mass is 16.5. The predicted molar refractivity (Wildman–Crippen MR) is 98.8 cm³/mol. The van der Waals surface area contributed by atoms with Crippen molar-refractivity contribution in [1.82, 2.24) is 0 Å². The number of aliphatic hydroxyl groups excluding tert-OH is 1. The van der Waals surface area contributed by atoms with E-state index in [0.717, 1.165) is 5.56 Å². The Morgan fingerprint density at radius 3 is 2.44 bits per heavy atom. The van der Waals surface area contributed by atoms with Crippen molar-refractivity contribution < 1.29 is 14.6 Å². The Labute approximate surface area is 147 Å². The van der Waals surface area contributed by atoms with E-state index in [1.54, 1.807) is 14.0 Å². The van der Waals surface area contributed by atoms with Crippen LogP contribution in [0.1, 0.15) is 31.2 Å². The van der Waals surface area contributed by atoms with Gasteiger partial charge in [-0.15, -0.1) is 0 Å². The maximum Gasteiger partial charge on any atom is 0.168 e. The molecule has 1 N–H and O–H groups in total. The first-order valence-electron chi connectivity index (χ1n) is 8.29. The van der Waals surface area contributed by atoms with Gasteiger partial charge in [0.1, 0.15) is 17.2 Å². The molecule has 128 valence electrons. The molecule has 0 spiro atoms. The van der Waals surface area contributed by atoms with Gasteiger partial charge >= 0.3 is 0 Å². The SMILES string of the molecule is COc1ccccc1N=C(C)C1=C(O)CC(c2ccccc2)CC1=O. The number of allylic oxidation sites excluding steroid dienone is 2. The molecule has 1 atom stereocenters. The third-order valence-corrected chi connectivity index (χ3v) is 4.45. The largest absolute Gasteiger partial charge is 0.511 e. The van der Waals surface area contributed by atoms with Crippen molar-refractivity contribution in [3.05, 3.63) is 71.5 Å². The zero-order chi connectivity index (χ0) is 17.8. The number of para-hydroxylation sites is 2. The van der Waals surface area contributed by atoms with Crippen molar-refractivity contribution in [2.24, 2.45) is 4.99 Å². The molecular formula is C21H21NO3. The number of ether oxygens (including phenoxy) is 1. The van der Waals surface area contributed by atoms with Gasteiger partial charge in [0.05, 0.1) is 18.4 Å². The fourth-order valence-corrected chi connectivity index (χ4v) is 3.22. The first kappa shape index (κ1) is 17.0. The van der Waals surface area contributed by atoms with Gasteiger partial charge in [-0.25, -0.2) is 4.99 Å². The maximum atomic E-state index is 12.6. The number of benzene rings is 2. The van der Waals surface area contributed by atoms with Gasteiger partial charge in [0.25, 0.3) is 0 Å². The normalized spacial score (nSPS) is 18.4. The molecule has 3 rings (SSSR count). The van der Waals surface area contributed by atoms with Crippen LogP contribution in [0.15, 0.2) is 70.9 Å². The Kier molecular flexibility index (Phi) is 4.98. The number of hydrogen-bond acceptors (Lipinski definition) is 4. The molecule has 2 aromatic rings. The van der Waals surface area contributed by atoms with Gasteiger partial charge < -0.3 is 9.84 Å². The third-order valence-electron chi connectivity index (χ3n) is 4.45. The third kappa shape index (κ3) is 3.63. The van der Waals surface area contributed by atoms with Crippen LogP contribution in [0.5, 0.6) is 5.75 Å². The molecule has 1 aliphatic carbocycles. The summed E-state index contributed by atoms with van der Waals surface area (Å²) in [6.45, 7) is 1.75. The van der Waals surface area contributed by atoms with Crippen molar-refractivity contribution in [3.63, 3.8) is 0 Å². The molecule has 2 aromatic carbocycles. The molecule has 0 aliphatic heterocycles. The number of carbonyl (C=O) groups excluding carboxylic acids is 1.